The molecule has 1 fully saturated rings. The van der Waals surface area contributed by atoms with Crippen molar-refractivity contribution in [1.29, 1.82) is 0 Å². The van der Waals surface area contributed by atoms with Gasteiger partial charge in [0.05, 0.1) is 11.7 Å². The first-order chi connectivity index (χ1) is 10.4. The lowest BCUT2D eigenvalue weighted by molar-refractivity contribution is 0.201. The molecule has 110 valence electrons. The van der Waals surface area contributed by atoms with Gasteiger partial charge in [0.2, 0.25) is 0 Å². The van der Waals surface area contributed by atoms with E-state index in [4.69, 9.17) is 0 Å². The van der Waals surface area contributed by atoms with Gasteiger partial charge in [-0.05, 0) is 36.5 Å². The lowest BCUT2D eigenvalue weighted by Crippen LogP contribution is -2.37. The number of nitrogens with zero attached hydrogens (tertiary/aromatic N) is 1. The largest absolute Gasteiger partial charge is 0.396 e. The van der Waals surface area contributed by atoms with E-state index in [9.17, 15) is 5.11 Å². The second kappa shape index (κ2) is 6.83. The molecule has 0 saturated heterocycles. The van der Waals surface area contributed by atoms with Gasteiger partial charge in [0.15, 0.2) is 0 Å². The van der Waals surface area contributed by atoms with Crippen LogP contribution in [-0.4, -0.2) is 22.7 Å². The molecule has 1 saturated carbocycles. The topological polar surface area (TPSA) is 45.1 Å². The molecule has 2 aromatic rings. The molecular weight excluding hydrogens is 260 g/mol. The molecule has 0 amide bonds. The van der Waals surface area contributed by atoms with Crippen molar-refractivity contribution in [2.45, 2.75) is 31.3 Å². The van der Waals surface area contributed by atoms with Crippen LogP contribution in [0.5, 0.6) is 0 Å². The zero-order valence-electron chi connectivity index (χ0n) is 12.2. The van der Waals surface area contributed by atoms with Crippen LogP contribution < -0.4 is 5.32 Å². The number of aromatic nitrogens is 1. The maximum Gasteiger partial charge on any atom is 0.0753 e. The van der Waals surface area contributed by atoms with E-state index >= 15 is 0 Å². The van der Waals surface area contributed by atoms with Crippen LogP contribution in [0, 0.1) is 5.92 Å². The van der Waals surface area contributed by atoms with Gasteiger partial charge in [0, 0.05) is 18.8 Å². The Kier molecular flexibility index (Phi) is 4.63. The molecule has 3 atom stereocenters. The van der Waals surface area contributed by atoms with E-state index in [0.717, 1.165) is 18.5 Å². The molecule has 21 heavy (non-hydrogen) atoms. The van der Waals surface area contributed by atoms with Gasteiger partial charge in [-0.1, -0.05) is 42.8 Å². The van der Waals surface area contributed by atoms with Gasteiger partial charge in [-0.2, -0.15) is 0 Å². The lowest BCUT2D eigenvalue weighted by Gasteiger charge is -2.26. The van der Waals surface area contributed by atoms with Crippen LogP contribution in [0.4, 0.5) is 0 Å². The molecule has 1 heterocycles. The summed E-state index contributed by atoms with van der Waals surface area (Å²) in [6.07, 6.45) is 5.26. The average Bonchev–Trinajstić information content (AvgIpc) is 3.01. The molecule has 0 radical (unpaired) electrons. The summed E-state index contributed by atoms with van der Waals surface area (Å²) in [4.78, 5) is 4.52. The summed E-state index contributed by atoms with van der Waals surface area (Å²) in [7, 11) is 0. The zero-order chi connectivity index (χ0) is 14.5. The fourth-order valence-electron chi connectivity index (χ4n) is 3.23. The quantitative estimate of drug-likeness (QED) is 0.886. The van der Waals surface area contributed by atoms with Crippen molar-refractivity contribution in [2.75, 3.05) is 6.61 Å². The third-order valence-corrected chi connectivity index (χ3v) is 4.39. The third-order valence-electron chi connectivity index (χ3n) is 4.39. The smallest absolute Gasteiger partial charge is 0.0753 e. The van der Waals surface area contributed by atoms with Crippen LogP contribution in [0.3, 0.4) is 0 Å². The van der Waals surface area contributed by atoms with Crippen molar-refractivity contribution in [2.24, 2.45) is 5.92 Å². The first-order valence-electron chi connectivity index (χ1n) is 7.71. The average molecular weight is 282 g/mol. The number of pyridine rings is 1. The van der Waals surface area contributed by atoms with Crippen LogP contribution in [0.1, 0.15) is 36.6 Å². The van der Waals surface area contributed by atoms with Gasteiger partial charge in [-0.25, -0.2) is 0 Å². The van der Waals surface area contributed by atoms with E-state index in [2.05, 4.69) is 40.6 Å². The molecule has 1 aliphatic carbocycles. The second-order valence-corrected chi connectivity index (χ2v) is 5.75. The molecule has 3 nitrogen and oxygen atoms in total. The maximum atomic E-state index is 9.53. The Labute approximate surface area is 126 Å². The summed E-state index contributed by atoms with van der Waals surface area (Å²) in [5, 5.41) is 13.3. The van der Waals surface area contributed by atoms with E-state index in [0.29, 0.717) is 12.0 Å². The van der Waals surface area contributed by atoms with Gasteiger partial charge >= 0.3 is 0 Å². The Morgan fingerprint density at radius 1 is 1.10 bits per heavy atom. The van der Waals surface area contributed by atoms with Crippen molar-refractivity contribution in [3.63, 3.8) is 0 Å². The van der Waals surface area contributed by atoms with Crippen molar-refractivity contribution >= 4 is 0 Å². The van der Waals surface area contributed by atoms with Gasteiger partial charge in [-0.15, -0.1) is 0 Å². The molecule has 1 aromatic carbocycles. The fraction of sp³-hybridized carbons (Fsp3) is 0.389. The molecule has 0 aliphatic heterocycles. The fourth-order valence-corrected chi connectivity index (χ4v) is 3.23. The number of aliphatic hydroxyl groups is 1. The molecule has 1 aromatic heterocycles. The molecule has 3 heteroatoms. The summed E-state index contributed by atoms with van der Waals surface area (Å²) >= 11 is 0. The van der Waals surface area contributed by atoms with E-state index in [1.807, 2.05) is 24.4 Å². The van der Waals surface area contributed by atoms with E-state index in [1.165, 1.54) is 12.0 Å². The SMILES string of the molecule is OC[C@@H]1CCC[C@@H]1N[C@H](c1ccccc1)c1ccccn1. The van der Waals surface area contributed by atoms with Crippen molar-refractivity contribution in [1.82, 2.24) is 10.3 Å². The molecule has 0 unspecified atom stereocenters. The molecule has 3 rings (SSSR count). The predicted octanol–water partition coefficient (Wildman–Crippen LogP) is 2.92. The Hall–Kier alpha value is -1.71. The number of aliphatic hydroxyl groups excluding tert-OH is 1. The Balaban J connectivity index is 1.86. The molecule has 0 bridgehead atoms. The molecule has 2 N–H and O–H groups in total. The van der Waals surface area contributed by atoms with Crippen LogP contribution in [-0.2, 0) is 0 Å². The molecule has 0 spiro atoms. The Bertz CT molecular complexity index is 504. The lowest BCUT2D eigenvalue weighted by atomic mass is 9.98. The van der Waals surface area contributed by atoms with Crippen LogP contribution in [0.15, 0.2) is 54.7 Å². The minimum absolute atomic E-state index is 0.0875. The standard InChI is InChI=1S/C18H22N2O/c21-13-15-9-6-11-16(15)20-18(14-7-2-1-3-8-14)17-10-4-5-12-19-17/h1-5,7-8,10,12,15-16,18,20-21H,6,9,11,13H2/t15-,16-,18+/m0/s1. The Morgan fingerprint density at radius 2 is 1.90 bits per heavy atom. The normalized spacial score (nSPS) is 23.1. The van der Waals surface area contributed by atoms with Gasteiger partial charge < -0.3 is 10.4 Å². The highest BCUT2D eigenvalue weighted by atomic mass is 16.3. The highest BCUT2D eigenvalue weighted by Gasteiger charge is 2.29. The molecule has 1 aliphatic rings. The summed E-state index contributed by atoms with van der Waals surface area (Å²) in [6, 6.07) is 16.9. The van der Waals surface area contributed by atoms with Crippen LogP contribution in [0.25, 0.3) is 0 Å². The number of rotatable bonds is 5. The highest BCUT2D eigenvalue weighted by Crippen LogP contribution is 2.29. The maximum absolute atomic E-state index is 9.53. The minimum Gasteiger partial charge on any atom is -0.396 e. The van der Waals surface area contributed by atoms with Gasteiger partial charge in [0.25, 0.3) is 0 Å². The number of hydrogen-bond donors (Lipinski definition) is 2. The van der Waals surface area contributed by atoms with Crippen molar-refractivity contribution in [3.8, 4) is 0 Å². The predicted molar refractivity (Wildman–Crippen MR) is 83.9 cm³/mol. The summed E-state index contributed by atoms with van der Waals surface area (Å²) < 4.78 is 0. The van der Waals surface area contributed by atoms with Crippen LogP contribution >= 0.6 is 0 Å². The minimum atomic E-state index is 0.0875. The Morgan fingerprint density at radius 3 is 2.62 bits per heavy atom. The first kappa shape index (κ1) is 14.2. The summed E-state index contributed by atoms with van der Waals surface area (Å²) in [6.45, 7) is 0.265. The zero-order valence-corrected chi connectivity index (χ0v) is 12.2. The summed E-state index contributed by atoms with van der Waals surface area (Å²) in [5.74, 6) is 0.361. The van der Waals surface area contributed by atoms with Crippen LogP contribution in [0.2, 0.25) is 0 Å². The third kappa shape index (κ3) is 3.31. The number of nitrogens with one attached hydrogen (secondary N) is 1. The summed E-state index contributed by atoms with van der Waals surface area (Å²) in [5.41, 5.74) is 2.26. The van der Waals surface area contributed by atoms with E-state index < -0.39 is 0 Å². The second-order valence-electron chi connectivity index (χ2n) is 5.75. The van der Waals surface area contributed by atoms with Crippen molar-refractivity contribution < 1.29 is 5.11 Å². The van der Waals surface area contributed by atoms with Gasteiger partial charge in [-0.3, -0.25) is 4.98 Å². The first-order valence-corrected chi connectivity index (χ1v) is 7.71. The van der Waals surface area contributed by atoms with Crippen molar-refractivity contribution in [3.05, 3.63) is 66.0 Å². The van der Waals surface area contributed by atoms with E-state index in [-0.39, 0.29) is 12.6 Å². The monoisotopic (exact) mass is 282 g/mol. The molecular formula is C18H22N2O. The highest BCUT2D eigenvalue weighted by molar-refractivity contribution is 5.27. The number of hydrogen-bond acceptors (Lipinski definition) is 3. The number of benzene rings is 1. The van der Waals surface area contributed by atoms with Gasteiger partial charge in [0.1, 0.15) is 0 Å². The van der Waals surface area contributed by atoms with E-state index in [1.54, 1.807) is 0 Å².